The van der Waals surface area contributed by atoms with E-state index in [0.717, 1.165) is 23.4 Å². The fourth-order valence-corrected chi connectivity index (χ4v) is 6.26. The van der Waals surface area contributed by atoms with Gasteiger partial charge in [-0.3, -0.25) is 5.32 Å². The van der Waals surface area contributed by atoms with Gasteiger partial charge < -0.3 is 24.8 Å². The Balaban J connectivity index is 0.000000311. The third-order valence-corrected chi connectivity index (χ3v) is 9.28. The summed E-state index contributed by atoms with van der Waals surface area (Å²) in [6, 6.07) is 7.63. The number of hydrogen-bond acceptors (Lipinski definition) is 14. The molecule has 0 aliphatic carbocycles. The number of methoxy groups -OCH3 is 2. The van der Waals surface area contributed by atoms with Gasteiger partial charge >= 0.3 is 23.9 Å². The smallest absolute Gasteiger partial charge is 0.352 e. The number of nitrogens with zero attached hydrogens (tertiary/aromatic N) is 4. The molecule has 2 aromatic carbocycles. The van der Waals surface area contributed by atoms with Crippen molar-refractivity contribution < 1.29 is 60.8 Å². The van der Waals surface area contributed by atoms with Crippen LogP contribution >= 0.6 is 23.2 Å². The number of anilines is 2. The van der Waals surface area contributed by atoms with E-state index in [1.807, 2.05) is 0 Å². The fraction of sp³-hybridized carbons (Fsp3) is 0.250. The van der Waals surface area contributed by atoms with E-state index >= 15 is 0 Å². The van der Waals surface area contributed by atoms with Crippen LogP contribution in [0.25, 0.3) is 0 Å². The third-order valence-electron chi connectivity index (χ3n) is 6.70. The minimum atomic E-state index is -4.70. The number of amides is 2. The Labute approximate surface area is 305 Å². The first kappa shape index (κ1) is 41.1. The maximum absolute atomic E-state index is 12.7. The van der Waals surface area contributed by atoms with E-state index in [-0.39, 0.29) is 52.7 Å². The highest BCUT2D eigenvalue weighted by Gasteiger charge is 2.48. The van der Waals surface area contributed by atoms with Crippen molar-refractivity contribution in [3.8, 4) is 11.8 Å². The molecular formula is C28H29Cl2N7O13S2. The number of benzene rings is 2. The van der Waals surface area contributed by atoms with Crippen molar-refractivity contribution >= 4 is 84.5 Å². The second kappa shape index (κ2) is 16.4. The highest BCUT2D eigenvalue weighted by Crippen LogP contribution is 2.38. The topological polar surface area (TPSA) is 293 Å². The number of hydrogen-bond donors (Lipinski definition) is 6. The third kappa shape index (κ3) is 10.4. The molecule has 24 heteroatoms. The number of aliphatic carboxylic acids is 2. The van der Waals surface area contributed by atoms with Gasteiger partial charge in [-0.1, -0.05) is 29.3 Å². The molecule has 20 nitrogen and oxygen atoms in total. The van der Waals surface area contributed by atoms with Crippen molar-refractivity contribution in [2.45, 2.75) is 30.3 Å². The molecule has 0 radical (unpaired) electrons. The van der Waals surface area contributed by atoms with Crippen LogP contribution in [0.5, 0.6) is 11.8 Å². The Kier molecular flexibility index (Phi) is 12.9. The molecule has 2 amide bonds. The molecule has 1 aromatic heterocycles. The van der Waals surface area contributed by atoms with Gasteiger partial charge in [0.05, 0.1) is 42.8 Å². The zero-order valence-corrected chi connectivity index (χ0v) is 30.4. The first-order valence-corrected chi connectivity index (χ1v) is 18.1. The van der Waals surface area contributed by atoms with Crippen LogP contribution in [0.2, 0.25) is 10.0 Å². The largest absolute Gasteiger partial charge is 0.481 e. The lowest BCUT2D eigenvalue weighted by Crippen LogP contribution is -2.47. The molecule has 0 fully saturated rings. The molecule has 280 valence electrons. The molecule has 3 aromatic rings. The van der Waals surface area contributed by atoms with Gasteiger partial charge in [0.25, 0.3) is 10.0 Å². The van der Waals surface area contributed by atoms with E-state index in [0.29, 0.717) is 5.02 Å². The molecular weight excluding hydrogens is 777 g/mol. The molecule has 4 rings (SSSR count). The van der Waals surface area contributed by atoms with Crippen LogP contribution in [0.3, 0.4) is 0 Å². The minimum absolute atomic E-state index is 0.0225. The number of carbonyl (C=O) groups is 4. The van der Waals surface area contributed by atoms with E-state index in [1.165, 1.54) is 51.5 Å². The van der Waals surface area contributed by atoms with Crippen LogP contribution in [0.15, 0.2) is 52.5 Å². The molecule has 52 heavy (non-hydrogen) atoms. The molecule has 1 atom stereocenters. The van der Waals surface area contributed by atoms with Crippen LogP contribution in [-0.2, 0) is 36.2 Å². The predicted molar refractivity (Wildman–Crippen MR) is 184 cm³/mol. The Morgan fingerprint density at radius 2 is 1.54 bits per heavy atom. The number of sulfonamides is 2. The predicted octanol–water partition coefficient (Wildman–Crippen LogP) is 2.24. The summed E-state index contributed by atoms with van der Waals surface area (Å²) in [5.74, 6) is -4.33. The number of nitrogens with one attached hydrogen (secondary N) is 3. The maximum atomic E-state index is 12.7. The number of halogens is 2. The molecule has 0 saturated heterocycles. The molecule has 0 saturated carbocycles. The standard InChI is InChI=1S/C16H19N5O9S2.C12H10Cl2N2O4/c1-29-12-7-13(30-2)19-15(18-12)20-16(24)21-32(27,28)11-6-9(8-17-31(3,25)26)4-5-10(11)14(22)23;1-12(11(19)20)5-8(10(17)18)15-16(12)9-3-2-6(13)4-7(9)14/h4-7,17H,8H2,1-3H3,(H,22,23)(H2,18,19,20,21,24);2-4H,5H2,1H3,(H,17,18)(H,19,20). The number of carboxylic acids is 3. The SMILES string of the molecule is CC1(C(=O)O)CC(C(=O)O)=NN1c1ccc(Cl)cc1Cl.COc1cc(OC)nc(NC(=O)NS(=O)(=O)c2cc(CNS(C)(=O)=O)ccc2C(=O)O)n1. The van der Waals surface area contributed by atoms with Crippen molar-refractivity contribution in [2.75, 3.05) is 30.8 Å². The number of carboxylic acid groups (broad SMARTS) is 3. The Morgan fingerprint density at radius 3 is 2.04 bits per heavy atom. The number of urea groups is 1. The quantitative estimate of drug-likeness (QED) is 0.153. The van der Waals surface area contributed by atoms with E-state index < -0.39 is 60.0 Å². The average molecular weight is 807 g/mol. The highest BCUT2D eigenvalue weighted by molar-refractivity contribution is 7.90. The van der Waals surface area contributed by atoms with Crippen LogP contribution < -0.4 is 29.2 Å². The molecule has 1 aliphatic heterocycles. The fourth-order valence-electron chi connectivity index (χ4n) is 4.19. The van der Waals surface area contributed by atoms with E-state index in [2.05, 4.69) is 25.1 Å². The van der Waals surface area contributed by atoms with E-state index in [4.69, 9.17) is 37.8 Å². The molecule has 0 bridgehead atoms. The van der Waals surface area contributed by atoms with E-state index in [9.17, 15) is 46.2 Å². The number of hydrazone groups is 1. The minimum Gasteiger partial charge on any atom is -0.481 e. The summed E-state index contributed by atoms with van der Waals surface area (Å²) < 4.78 is 61.5. The van der Waals surface area contributed by atoms with Crippen molar-refractivity contribution in [1.82, 2.24) is 19.4 Å². The number of aromatic nitrogens is 2. The second-order valence-electron chi connectivity index (χ2n) is 10.6. The summed E-state index contributed by atoms with van der Waals surface area (Å²) in [6.45, 7) is 1.09. The summed E-state index contributed by atoms with van der Waals surface area (Å²) >= 11 is 11.8. The molecule has 2 heterocycles. The van der Waals surface area contributed by atoms with E-state index in [1.54, 1.807) is 4.72 Å². The summed E-state index contributed by atoms with van der Waals surface area (Å²) in [5, 5.41) is 35.3. The zero-order valence-electron chi connectivity index (χ0n) is 27.2. The lowest BCUT2D eigenvalue weighted by molar-refractivity contribution is -0.142. The van der Waals surface area contributed by atoms with Gasteiger partial charge in [-0.2, -0.15) is 15.1 Å². The summed E-state index contributed by atoms with van der Waals surface area (Å²) in [7, 11) is -5.69. The van der Waals surface area contributed by atoms with Gasteiger partial charge in [-0.05, 0) is 42.8 Å². The van der Waals surface area contributed by atoms with Crippen molar-refractivity contribution in [2.24, 2.45) is 5.10 Å². The number of rotatable bonds is 12. The maximum Gasteiger partial charge on any atom is 0.352 e. The Bertz CT molecular complexity index is 2150. The summed E-state index contributed by atoms with van der Waals surface area (Å²) in [6.07, 6.45) is 0.675. The van der Waals surface area contributed by atoms with Gasteiger partial charge in [0.15, 0.2) is 5.54 Å². The first-order valence-electron chi connectivity index (χ1n) is 14.0. The average Bonchev–Trinajstić information content (AvgIpc) is 3.41. The number of carbonyl (C=O) groups excluding carboxylic acids is 1. The highest BCUT2D eigenvalue weighted by atomic mass is 35.5. The number of ether oxygens (including phenoxy) is 2. The Hall–Kier alpha value is -5.29. The zero-order chi connectivity index (χ0) is 39.2. The van der Waals surface area contributed by atoms with Crippen molar-refractivity contribution in [3.63, 3.8) is 0 Å². The lowest BCUT2D eigenvalue weighted by atomic mass is 9.95. The van der Waals surface area contributed by atoms with Crippen LogP contribution in [0.1, 0.15) is 29.3 Å². The first-order chi connectivity index (χ1) is 24.1. The van der Waals surface area contributed by atoms with Crippen molar-refractivity contribution in [3.05, 3.63) is 63.6 Å². The van der Waals surface area contributed by atoms with Gasteiger partial charge in [-0.25, -0.2) is 50.5 Å². The van der Waals surface area contributed by atoms with Crippen LogP contribution in [0, 0.1) is 0 Å². The lowest BCUT2D eigenvalue weighted by Gasteiger charge is -2.30. The van der Waals surface area contributed by atoms with Crippen LogP contribution in [0.4, 0.5) is 16.4 Å². The molecule has 1 aliphatic rings. The van der Waals surface area contributed by atoms with Crippen LogP contribution in [-0.4, -0.2) is 97.8 Å². The molecule has 1 unspecified atom stereocenters. The van der Waals surface area contributed by atoms with Gasteiger partial charge in [0.2, 0.25) is 27.7 Å². The summed E-state index contributed by atoms with van der Waals surface area (Å²) in [5.41, 5.74) is -1.95. The summed E-state index contributed by atoms with van der Waals surface area (Å²) in [4.78, 5) is 53.1. The van der Waals surface area contributed by atoms with Gasteiger partial charge in [0, 0.05) is 18.0 Å². The van der Waals surface area contributed by atoms with Gasteiger partial charge in [0.1, 0.15) is 10.6 Å². The monoisotopic (exact) mass is 805 g/mol. The normalized spacial score (nSPS) is 15.4. The molecule has 0 spiro atoms. The number of aromatic carboxylic acids is 1. The van der Waals surface area contributed by atoms with Crippen molar-refractivity contribution in [1.29, 1.82) is 0 Å². The molecule has 6 N–H and O–H groups in total. The Morgan fingerprint density at radius 1 is 0.923 bits per heavy atom. The van der Waals surface area contributed by atoms with Gasteiger partial charge in [-0.15, -0.1) is 0 Å². The second-order valence-corrected chi connectivity index (χ2v) is 14.9.